The maximum Gasteiger partial charge on any atom is 0.225 e. The van der Waals surface area contributed by atoms with Gasteiger partial charge in [0.15, 0.2) is 0 Å². The fraction of sp³-hybridized carbons (Fsp3) is 0.364. The Morgan fingerprint density at radius 3 is 2.70 bits per heavy atom. The van der Waals surface area contributed by atoms with Crippen LogP contribution in [0.4, 0.5) is 0 Å². The van der Waals surface area contributed by atoms with E-state index in [4.69, 9.17) is 4.74 Å². The van der Waals surface area contributed by atoms with E-state index < -0.39 is 0 Å². The molecule has 1 amide bonds. The van der Waals surface area contributed by atoms with E-state index in [1.165, 1.54) is 0 Å². The predicted octanol–water partition coefficient (Wildman–Crippen LogP) is 4.33. The van der Waals surface area contributed by atoms with Gasteiger partial charge in [-0.3, -0.25) is 4.79 Å². The van der Waals surface area contributed by atoms with Gasteiger partial charge in [0, 0.05) is 0 Å². The van der Waals surface area contributed by atoms with Crippen molar-refractivity contribution in [3.05, 3.63) is 59.4 Å². The highest BCUT2D eigenvalue weighted by Crippen LogP contribution is 2.23. The first-order valence-electron chi connectivity index (χ1n) is 9.33. The minimum absolute atomic E-state index is 0.0213. The normalized spacial score (nSPS) is 12.3. The maximum atomic E-state index is 12.7. The van der Waals surface area contributed by atoms with E-state index in [1.807, 2.05) is 49.4 Å². The molecule has 0 saturated heterocycles. The number of methoxy groups -OCH3 is 1. The van der Waals surface area contributed by atoms with E-state index in [1.54, 1.807) is 7.11 Å². The van der Waals surface area contributed by atoms with Gasteiger partial charge in [0.1, 0.15) is 11.6 Å². The highest BCUT2D eigenvalue weighted by Gasteiger charge is 2.20. The fourth-order valence-corrected chi connectivity index (χ4v) is 3.25. The molecule has 1 heterocycles. The molecule has 0 aliphatic carbocycles. The number of carbonyl (C=O) groups is 1. The Morgan fingerprint density at radius 1 is 1.22 bits per heavy atom. The molecule has 2 aromatic carbocycles. The standard InChI is InChI=1S/C22H27N3O2/c1-14(2)11-19(22-24-17-7-5-6-8-18(17)25-22)23-21(26)13-16-10-9-15(3)20(12-16)27-4/h5-10,12,14,19H,11,13H2,1-4H3,(H,23,26)(H,24,25). The molecule has 27 heavy (non-hydrogen) atoms. The van der Waals surface area contributed by atoms with Gasteiger partial charge in [-0.15, -0.1) is 0 Å². The molecule has 0 bridgehead atoms. The summed E-state index contributed by atoms with van der Waals surface area (Å²) in [4.78, 5) is 20.7. The number of aryl methyl sites for hydroxylation is 1. The van der Waals surface area contributed by atoms with Gasteiger partial charge in [-0.25, -0.2) is 4.98 Å². The van der Waals surface area contributed by atoms with Crippen LogP contribution in [-0.4, -0.2) is 23.0 Å². The number of nitrogens with one attached hydrogen (secondary N) is 2. The van der Waals surface area contributed by atoms with Crippen molar-refractivity contribution in [2.75, 3.05) is 7.11 Å². The van der Waals surface area contributed by atoms with Gasteiger partial charge in [-0.1, -0.05) is 38.1 Å². The Kier molecular flexibility index (Phi) is 5.79. The Balaban J connectivity index is 1.76. The number of benzene rings is 2. The van der Waals surface area contributed by atoms with Gasteiger partial charge in [0.25, 0.3) is 0 Å². The number of aromatic nitrogens is 2. The van der Waals surface area contributed by atoms with Gasteiger partial charge >= 0.3 is 0 Å². The number of para-hydroxylation sites is 2. The molecule has 0 spiro atoms. The average molecular weight is 365 g/mol. The highest BCUT2D eigenvalue weighted by atomic mass is 16.5. The molecule has 0 aliphatic heterocycles. The lowest BCUT2D eigenvalue weighted by Crippen LogP contribution is -2.31. The number of imidazole rings is 1. The second-order valence-electron chi connectivity index (χ2n) is 7.37. The lowest BCUT2D eigenvalue weighted by molar-refractivity contribution is -0.121. The summed E-state index contributed by atoms with van der Waals surface area (Å²) in [6.45, 7) is 6.28. The summed E-state index contributed by atoms with van der Waals surface area (Å²) in [7, 11) is 1.65. The van der Waals surface area contributed by atoms with Crippen LogP contribution in [0.25, 0.3) is 11.0 Å². The zero-order valence-corrected chi connectivity index (χ0v) is 16.4. The summed E-state index contributed by atoms with van der Waals surface area (Å²) in [6.07, 6.45) is 1.13. The maximum absolute atomic E-state index is 12.7. The van der Waals surface area contributed by atoms with Crippen molar-refractivity contribution < 1.29 is 9.53 Å². The molecule has 3 rings (SSSR count). The number of rotatable bonds is 7. The third kappa shape index (κ3) is 4.67. The summed E-state index contributed by atoms with van der Waals surface area (Å²) in [6, 6.07) is 13.6. The van der Waals surface area contributed by atoms with Crippen LogP contribution < -0.4 is 10.1 Å². The lowest BCUT2D eigenvalue weighted by atomic mass is 10.0. The molecule has 1 unspecified atom stereocenters. The van der Waals surface area contributed by atoms with Crippen LogP contribution in [0.15, 0.2) is 42.5 Å². The molecule has 5 nitrogen and oxygen atoms in total. The SMILES string of the molecule is COc1cc(CC(=O)NC(CC(C)C)c2nc3ccccc3[nH]2)ccc1C. The van der Waals surface area contributed by atoms with Crippen molar-refractivity contribution in [2.24, 2.45) is 5.92 Å². The van der Waals surface area contributed by atoms with Crippen molar-refractivity contribution in [1.29, 1.82) is 0 Å². The van der Waals surface area contributed by atoms with E-state index in [0.29, 0.717) is 12.3 Å². The van der Waals surface area contributed by atoms with E-state index in [2.05, 4.69) is 29.1 Å². The summed E-state index contributed by atoms with van der Waals surface area (Å²) in [5.74, 6) is 2.02. The van der Waals surface area contributed by atoms with Gasteiger partial charge in [-0.05, 0) is 48.6 Å². The van der Waals surface area contributed by atoms with Gasteiger partial charge < -0.3 is 15.0 Å². The average Bonchev–Trinajstić information content (AvgIpc) is 3.06. The highest BCUT2D eigenvalue weighted by molar-refractivity contribution is 5.79. The smallest absolute Gasteiger partial charge is 0.225 e. The van der Waals surface area contributed by atoms with Crippen molar-refractivity contribution in [3.8, 4) is 5.75 Å². The first kappa shape index (κ1) is 19.0. The van der Waals surface area contributed by atoms with Crippen molar-refractivity contribution >= 4 is 16.9 Å². The monoisotopic (exact) mass is 365 g/mol. The molecule has 0 radical (unpaired) electrons. The van der Waals surface area contributed by atoms with E-state index in [9.17, 15) is 4.79 Å². The molecule has 5 heteroatoms. The van der Waals surface area contributed by atoms with Gasteiger partial charge in [-0.2, -0.15) is 0 Å². The second-order valence-corrected chi connectivity index (χ2v) is 7.37. The summed E-state index contributed by atoms with van der Waals surface area (Å²) >= 11 is 0. The topological polar surface area (TPSA) is 67.0 Å². The molecular weight excluding hydrogens is 338 g/mol. The molecule has 0 aliphatic rings. The number of nitrogens with zero attached hydrogens (tertiary/aromatic N) is 1. The number of fused-ring (bicyclic) bond motifs is 1. The number of hydrogen-bond donors (Lipinski definition) is 2. The largest absolute Gasteiger partial charge is 0.496 e. The first-order chi connectivity index (χ1) is 13.0. The molecule has 2 N–H and O–H groups in total. The molecule has 0 saturated carbocycles. The summed E-state index contributed by atoms with van der Waals surface area (Å²) in [5, 5.41) is 3.15. The van der Waals surface area contributed by atoms with Crippen LogP contribution in [0.2, 0.25) is 0 Å². The van der Waals surface area contributed by atoms with Gasteiger partial charge in [0.05, 0.1) is 30.6 Å². The van der Waals surface area contributed by atoms with Gasteiger partial charge in [0.2, 0.25) is 5.91 Å². The minimum Gasteiger partial charge on any atom is -0.496 e. The van der Waals surface area contributed by atoms with Crippen LogP contribution in [-0.2, 0) is 11.2 Å². The number of ether oxygens (including phenoxy) is 1. The zero-order chi connectivity index (χ0) is 19.4. The van der Waals surface area contributed by atoms with Crippen LogP contribution in [0.1, 0.15) is 43.3 Å². The molecule has 0 fully saturated rings. The van der Waals surface area contributed by atoms with Crippen LogP contribution in [0, 0.1) is 12.8 Å². The number of carbonyl (C=O) groups excluding carboxylic acids is 1. The van der Waals surface area contributed by atoms with E-state index in [0.717, 1.165) is 40.2 Å². The Hall–Kier alpha value is -2.82. The third-order valence-corrected chi connectivity index (χ3v) is 4.62. The van der Waals surface area contributed by atoms with Crippen molar-refractivity contribution in [1.82, 2.24) is 15.3 Å². The quantitative estimate of drug-likeness (QED) is 0.655. The summed E-state index contributed by atoms with van der Waals surface area (Å²) in [5.41, 5.74) is 3.89. The number of hydrogen-bond acceptors (Lipinski definition) is 3. The molecule has 1 atom stereocenters. The fourth-order valence-electron chi connectivity index (χ4n) is 3.25. The van der Waals surface area contributed by atoms with Crippen LogP contribution >= 0.6 is 0 Å². The predicted molar refractivity (Wildman–Crippen MR) is 108 cm³/mol. The molecular formula is C22H27N3O2. The lowest BCUT2D eigenvalue weighted by Gasteiger charge is -2.19. The zero-order valence-electron chi connectivity index (χ0n) is 16.4. The number of aromatic amines is 1. The van der Waals surface area contributed by atoms with Crippen LogP contribution in [0.5, 0.6) is 5.75 Å². The van der Waals surface area contributed by atoms with Crippen molar-refractivity contribution in [3.63, 3.8) is 0 Å². The van der Waals surface area contributed by atoms with E-state index in [-0.39, 0.29) is 11.9 Å². The molecule has 142 valence electrons. The summed E-state index contributed by atoms with van der Waals surface area (Å²) < 4.78 is 5.36. The Bertz CT molecular complexity index is 897. The second kappa shape index (κ2) is 8.25. The molecule has 3 aromatic rings. The minimum atomic E-state index is -0.141. The Morgan fingerprint density at radius 2 is 2.00 bits per heavy atom. The number of H-pyrrole nitrogens is 1. The number of amides is 1. The third-order valence-electron chi connectivity index (χ3n) is 4.62. The molecule has 1 aromatic heterocycles. The van der Waals surface area contributed by atoms with Crippen molar-refractivity contribution in [2.45, 2.75) is 39.7 Å². The van der Waals surface area contributed by atoms with E-state index >= 15 is 0 Å². The van der Waals surface area contributed by atoms with Crippen LogP contribution in [0.3, 0.4) is 0 Å². The first-order valence-corrected chi connectivity index (χ1v) is 9.33. The Labute approximate surface area is 160 Å².